The minimum atomic E-state index is -0.808. The Kier molecular flexibility index (Phi) is 4.86. The summed E-state index contributed by atoms with van der Waals surface area (Å²) in [4.78, 5) is 22.8. The van der Waals surface area contributed by atoms with E-state index in [0.717, 1.165) is 0 Å². The highest BCUT2D eigenvalue weighted by molar-refractivity contribution is 7.80. The number of anilines is 1. The maximum absolute atomic E-state index is 11.4. The predicted molar refractivity (Wildman–Crippen MR) is 69.9 cm³/mol. The number of hydrogen-bond acceptors (Lipinski definition) is 3. The lowest BCUT2D eigenvalue weighted by atomic mass is 10.3. The van der Waals surface area contributed by atoms with E-state index in [1.165, 1.54) is 6.07 Å². The van der Waals surface area contributed by atoms with Gasteiger partial charge in [-0.2, -0.15) is 0 Å². The van der Waals surface area contributed by atoms with Crippen molar-refractivity contribution < 1.29 is 9.59 Å². The third-order valence-corrected chi connectivity index (χ3v) is 2.09. The van der Waals surface area contributed by atoms with Crippen LogP contribution < -0.4 is 16.4 Å². The fourth-order valence-corrected chi connectivity index (χ4v) is 1.26. The summed E-state index contributed by atoms with van der Waals surface area (Å²) in [5.74, 6) is -1.61. The lowest BCUT2D eigenvalue weighted by Crippen LogP contribution is -2.39. The van der Waals surface area contributed by atoms with Gasteiger partial charge in [-0.1, -0.05) is 29.9 Å². The maximum atomic E-state index is 11.4. The number of thiocarbonyl (C=S) groups is 1. The van der Waals surface area contributed by atoms with Gasteiger partial charge in [-0.15, -0.1) is 0 Å². The molecular formula is C10H10ClN3O2S. The van der Waals surface area contributed by atoms with Gasteiger partial charge in [0.2, 0.25) is 0 Å². The van der Waals surface area contributed by atoms with Crippen LogP contribution in [0.15, 0.2) is 24.3 Å². The number of carbonyl (C=O) groups excluding carboxylic acids is 2. The van der Waals surface area contributed by atoms with E-state index in [1.54, 1.807) is 18.2 Å². The third kappa shape index (κ3) is 4.80. The van der Waals surface area contributed by atoms with Gasteiger partial charge in [0.1, 0.15) is 0 Å². The Hall–Kier alpha value is -1.66. The summed E-state index contributed by atoms with van der Waals surface area (Å²) in [6.45, 7) is -0.0167. The number of benzene rings is 1. The summed E-state index contributed by atoms with van der Waals surface area (Å²) in [6.07, 6.45) is 0. The summed E-state index contributed by atoms with van der Waals surface area (Å²) in [6, 6.07) is 6.46. The number of amides is 2. The van der Waals surface area contributed by atoms with Crippen LogP contribution in [0.1, 0.15) is 0 Å². The zero-order chi connectivity index (χ0) is 12.8. The van der Waals surface area contributed by atoms with Gasteiger partial charge < -0.3 is 16.4 Å². The molecule has 0 saturated heterocycles. The molecule has 1 aromatic carbocycles. The molecule has 0 aliphatic carbocycles. The molecule has 90 valence electrons. The molecular weight excluding hydrogens is 262 g/mol. The van der Waals surface area contributed by atoms with Gasteiger partial charge >= 0.3 is 11.8 Å². The Morgan fingerprint density at radius 1 is 1.35 bits per heavy atom. The van der Waals surface area contributed by atoms with Crippen molar-refractivity contribution in [2.75, 3.05) is 11.9 Å². The third-order valence-electron chi connectivity index (χ3n) is 1.71. The lowest BCUT2D eigenvalue weighted by molar-refractivity contribution is -0.135. The molecule has 0 aromatic heterocycles. The molecule has 0 aliphatic rings. The van der Waals surface area contributed by atoms with Gasteiger partial charge in [0.05, 0.1) is 11.5 Å². The first-order valence-corrected chi connectivity index (χ1v) is 5.40. The first kappa shape index (κ1) is 13.4. The molecule has 0 atom stereocenters. The van der Waals surface area contributed by atoms with E-state index in [4.69, 9.17) is 17.3 Å². The second-order valence-corrected chi connectivity index (χ2v) is 4.07. The van der Waals surface area contributed by atoms with Gasteiger partial charge in [-0.05, 0) is 18.2 Å². The molecule has 0 bridgehead atoms. The van der Waals surface area contributed by atoms with E-state index in [1.807, 2.05) is 0 Å². The van der Waals surface area contributed by atoms with Crippen LogP contribution >= 0.6 is 23.8 Å². The van der Waals surface area contributed by atoms with Crippen LogP contribution in [0.4, 0.5) is 5.69 Å². The van der Waals surface area contributed by atoms with Crippen LogP contribution in [-0.2, 0) is 9.59 Å². The van der Waals surface area contributed by atoms with Crippen molar-refractivity contribution in [3.05, 3.63) is 29.3 Å². The average molecular weight is 272 g/mol. The van der Waals surface area contributed by atoms with Crippen molar-refractivity contribution >= 4 is 46.3 Å². The van der Waals surface area contributed by atoms with E-state index in [-0.39, 0.29) is 11.5 Å². The van der Waals surface area contributed by atoms with Crippen LogP contribution in [0.5, 0.6) is 0 Å². The zero-order valence-electron chi connectivity index (χ0n) is 8.70. The molecule has 0 aliphatic heterocycles. The highest BCUT2D eigenvalue weighted by Gasteiger charge is 2.13. The zero-order valence-corrected chi connectivity index (χ0v) is 10.3. The topological polar surface area (TPSA) is 84.2 Å². The molecule has 5 nitrogen and oxygen atoms in total. The molecule has 0 radical (unpaired) electrons. The van der Waals surface area contributed by atoms with E-state index in [0.29, 0.717) is 10.7 Å². The Labute approximate surface area is 108 Å². The molecule has 0 saturated carbocycles. The fourth-order valence-electron chi connectivity index (χ4n) is 1.00. The summed E-state index contributed by atoms with van der Waals surface area (Å²) >= 11 is 10.3. The van der Waals surface area contributed by atoms with E-state index in [2.05, 4.69) is 22.9 Å². The number of rotatable bonds is 3. The molecule has 1 aromatic rings. The van der Waals surface area contributed by atoms with Crippen molar-refractivity contribution in [1.29, 1.82) is 0 Å². The van der Waals surface area contributed by atoms with Gasteiger partial charge in [-0.3, -0.25) is 9.59 Å². The molecule has 0 fully saturated rings. The van der Waals surface area contributed by atoms with Crippen LogP contribution in [0.25, 0.3) is 0 Å². The molecule has 0 heterocycles. The van der Waals surface area contributed by atoms with Crippen molar-refractivity contribution in [3.63, 3.8) is 0 Å². The Morgan fingerprint density at radius 3 is 2.65 bits per heavy atom. The standard InChI is InChI=1S/C10H10ClN3O2S/c11-6-2-1-3-7(4-6)14-10(16)9(15)13-5-8(12)17/h1-4H,5H2,(H2,12,17)(H,13,15)(H,14,16). The highest BCUT2D eigenvalue weighted by Crippen LogP contribution is 2.14. The molecule has 0 spiro atoms. The fraction of sp³-hybridized carbons (Fsp3) is 0.100. The summed E-state index contributed by atoms with van der Waals surface area (Å²) in [7, 11) is 0. The molecule has 1 rings (SSSR count). The Balaban J connectivity index is 2.54. The number of nitrogens with two attached hydrogens (primary N) is 1. The molecule has 17 heavy (non-hydrogen) atoms. The molecule has 4 N–H and O–H groups in total. The molecule has 2 amide bonds. The second kappa shape index (κ2) is 6.17. The highest BCUT2D eigenvalue weighted by atomic mass is 35.5. The smallest absolute Gasteiger partial charge is 0.313 e. The normalized spacial score (nSPS) is 9.47. The van der Waals surface area contributed by atoms with E-state index < -0.39 is 11.8 Å². The quantitative estimate of drug-likeness (QED) is 0.558. The SMILES string of the molecule is NC(=S)CNC(=O)C(=O)Nc1cccc(Cl)c1. The molecule has 0 unspecified atom stereocenters. The van der Waals surface area contributed by atoms with Crippen LogP contribution in [0.3, 0.4) is 0 Å². The first-order chi connectivity index (χ1) is 7.99. The maximum Gasteiger partial charge on any atom is 0.313 e. The lowest BCUT2D eigenvalue weighted by Gasteiger charge is -2.05. The number of hydrogen-bond donors (Lipinski definition) is 3. The van der Waals surface area contributed by atoms with Gasteiger partial charge in [-0.25, -0.2) is 0 Å². The van der Waals surface area contributed by atoms with Gasteiger partial charge in [0, 0.05) is 10.7 Å². The largest absolute Gasteiger partial charge is 0.392 e. The first-order valence-electron chi connectivity index (χ1n) is 4.62. The number of nitrogens with one attached hydrogen (secondary N) is 2. The minimum Gasteiger partial charge on any atom is -0.392 e. The van der Waals surface area contributed by atoms with Crippen LogP contribution in [0.2, 0.25) is 5.02 Å². The predicted octanol–water partition coefficient (Wildman–Crippen LogP) is 0.681. The van der Waals surface area contributed by atoms with Gasteiger partial charge in [0.15, 0.2) is 0 Å². The van der Waals surface area contributed by atoms with Crippen LogP contribution in [0, 0.1) is 0 Å². The summed E-state index contributed by atoms with van der Waals surface area (Å²) in [5.41, 5.74) is 5.62. The van der Waals surface area contributed by atoms with E-state index in [9.17, 15) is 9.59 Å². The van der Waals surface area contributed by atoms with Crippen LogP contribution in [-0.4, -0.2) is 23.3 Å². The monoisotopic (exact) mass is 271 g/mol. The van der Waals surface area contributed by atoms with Crippen molar-refractivity contribution in [2.24, 2.45) is 5.73 Å². The number of carbonyl (C=O) groups is 2. The van der Waals surface area contributed by atoms with Crippen molar-refractivity contribution in [1.82, 2.24) is 5.32 Å². The average Bonchev–Trinajstić information content (AvgIpc) is 2.25. The Morgan fingerprint density at radius 2 is 2.06 bits per heavy atom. The minimum absolute atomic E-state index is 0.0167. The van der Waals surface area contributed by atoms with Crippen molar-refractivity contribution in [3.8, 4) is 0 Å². The van der Waals surface area contributed by atoms with Gasteiger partial charge in [0.25, 0.3) is 0 Å². The Bertz CT molecular complexity index is 465. The summed E-state index contributed by atoms with van der Waals surface area (Å²) in [5, 5.41) is 5.12. The number of halogens is 1. The molecule has 7 heteroatoms. The van der Waals surface area contributed by atoms with Crippen molar-refractivity contribution in [2.45, 2.75) is 0 Å². The summed E-state index contributed by atoms with van der Waals surface area (Å²) < 4.78 is 0. The van der Waals surface area contributed by atoms with E-state index >= 15 is 0 Å². The second-order valence-electron chi connectivity index (χ2n) is 3.11.